The summed E-state index contributed by atoms with van der Waals surface area (Å²) >= 11 is 0. The average molecular weight is 227 g/mol. The number of nitrogens with zero attached hydrogens (tertiary/aromatic N) is 1. The number of carbonyl (C=O) groups is 1. The van der Waals surface area contributed by atoms with Gasteiger partial charge in [0, 0.05) is 6.54 Å². The fraction of sp³-hybridized carbons (Fsp3) is 0.818. The molecule has 4 N–H and O–H groups in total. The lowest BCUT2D eigenvalue weighted by molar-refractivity contribution is -0.124. The molecule has 16 heavy (non-hydrogen) atoms. The zero-order valence-electron chi connectivity index (χ0n) is 9.94. The van der Waals surface area contributed by atoms with Gasteiger partial charge in [0.1, 0.15) is 5.92 Å². The molecule has 1 aliphatic rings. The van der Waals surface area contributed by atoms with Crippen LogP contribution < -0.4 is 11.1 Å². The second kappa shape index (κ2) is 5.72. The van der Waals surface area contributed by atoms with Crippen molar-refractivity contribution in [2.75, 3.05) is 6.54 Å². The molecule has 1 unspecified atom stereocenters. The molecule has 1 aliphatic carbocycles. The van der Waals surface area contributed by atoms with Gasteiger partial charge >= 0.3 is 0 Å². The lowest BCUT2D eigenvalue weighted by Gasteiger charge is -2.18. The molecular formula is C11H21N3O2. The number of rotatable bonds is 6. The van der Waals surface area contributed by atoms with Gasteiger partial charge in [0.2, 0.25) is 5.91 Å². The van der Waals surface area contributed by atoms with Gasteiger partial charge in [-0.1, -0.05) is 31.8 Å². The molecule has 5 heteroatoms. The number of nitrogens with two attached hydrogens (primary N) is 1. The van der Waals surface area contributed by atoms with Crippen molar-refractivity contribution < 1.29 is 10.0 Å². The van der Waals surface area contributed by atoms with Crippen LogP contribution in [0, 0.1) is 17.8 Å². The van der Waals surface area contributed by atoms with E-state index in [0.29, 0.717) is 6.54 Å². The van der Waals surface area contributed by atoms with E-state index in [2.05, 4.69) is 10.5 Å². The predicted molar refractivity (Wildman–Crippen MR) is 62.1 cm³/mol. The van der Waals surface area contributed by atoms with E-state index in [-0.39, 0.29) is 17.7 Å². The van der Waals surface area contributed by atoms with Gasteiger partial charge in [-0.2, -0.15) is 0 Å². The molecule has 1 saturated carbocycles. The highest BCUT2D eigenvalue weighted by Crippen LogP contribution is 2.31. The number of amides is 1. The molecular weight excluding hydrogens is 206 g/mol. The first-order valence-electron chi connectivity index (χ1n) is 5.81. The van der Waals surface area contributed by atoms with Crippen molar-refractivity contribution in [3.63, 3.8) is 0 Å². The Morgan fingerprint density at radius 3 is 2.62 bits per heavy atom. The van der Waals surface area contributed by atoms with Crippen LogP contribution in [0.5, 0.6) is 0 Å². The number of hydrogen-bond donors (Lipinski definition) is 3. The van der Waals surface area contributed by atoms with Crippen LogP contribution in [0.4, 0.5) is 0 Å². The van der Waals surface area contributed by atoms with Crippen molar-refractivity contribution in [1.29, 1.82) is 0 Å². The lowest BCUT2D eigenvalue weighted by atomic mass is 9.94. The van der Waals surface area contributed by atoms with E-state index in [1.54, 1.807) is 0 Å². The second-order valence-corrected chi connectivity index (χ2v) is 4.77. The van der Waals surface area contributed by atoms with Crippen molar-refractivity contribution >= 4 is 11.7 Å². The minimum Gasteiger partial charge on any atom is -0.409 e. The van der Waals surface area contributed by atoms with Crippen molar-refractivity contribution in [2.24, 2.45) is 28.6 Å². The molecule has 0 aliphatic heterocycles. The van der Waals surface area contributed by atoms with Gasteiger partial charge < -0.3 is 16.3 Å². The topological polar surface area (TPSA) is 87.7 Å². The standard InChI is InChI=1S/C11H21N3O2/c1-7(2)9(10(12)14-16)11(15)13-6-5-8-3-4-8/h7-9,16H,3-6H2,1-2H3,(H2,12,14)(H,13,15). The fourth-order valence-electron chi connectivity index (χ4n) is 1.76. The molecule has 1 fully saturated rings. The van der Waals surface area contributed by atoms with Crippen LogP contribution in [0.3, 0.4) is 0 Å². The molecule has 1 amide bonds. The molecule has 0 saturated heterocycles. The van der Waals surface area contributed by atoms with Gasteiger partial charge in [-0.15, -0.1) is 0 Å². The van der Waals surface area contributed by atoms with Crippen molar-refractivity contribution in [2.45, 2.75) is 33.1 Å². The Hall–Kier alpha value is -1.26. The Labute approximate surface area is 96.1 Å². The Bertz CT molecular complexity index is 272. The third-order valence-electron chi connectivity index (χ3n) is 2.93. The van der Waals surface area contributed by atoms with Crippen molar-refractivity contribution in [3.05, 3.63) is 0 Å². The van der Waals surface area contributed by atoms with E-state index in [1.165, 1.54) is 12.8 Å². The number of hydrogen-bond acceptors (Lipinski definition) is 3. The molecule has 1 rings (SSSR count). The normalized spacial score (nSPS) is 18.6. The van der Waals surface area contributed by atoms with Crippen molar-refractivity contribution in [3.8, 4) is 0 Å². The Balaban J connectivity index is 2.39. The van der Waals surface area contributed by atoms with E-state index in [9.17, 15) is 4.79 Å². The molecule has 5 nitrogen and oxygen atoms in total. The van der Waals surface area contributed by atoms with Crippen LogP contribution in [0.25, 0.3) is 0 Å². The lowest BCUT2D eigenvalue weighted by Crippen LogP contribution is -2.42. The number of amidine groups is 1. The van der Waals surface area contributed by atoms with Gasteiger partial charge in [0.05, 0.1) is 0 Å². The molecule has 0 aromatic carbocycles. The number of carbonyl (C=O) groups excluding carboxylic acids is 1. The first kappa shape index (κ1) is 12.8. The second-order valence-electron chi connectivity index (χ2n) is 4.77. The van der Waals surface area contributed by atoms with E-state index in [1.807, 2.05) is 13.8 Å². The third-order valence-corrected chi connectivity index (χ3v) is 2.93. The first-order chi connectivity index (χ1) is 7.56. The summed E-state index contributed by atoms with van der Waals surface area (Å²) in [6.07, 6.45) is 3.60. The minimum absolute atomic E-state index is 0.0149. The Morgan fingerprint density at radius 1 is 1.56 bits per heavy atom. The minimum atomic E-state index is -0.538. The van der Waals surface area contributed by atoms with Crippen LogP contribution in [-0.4, -0.2) is 23.5 Å². The zero-order chi connectivity index (χ0) is 12.1. The molecule has 92 valence electrons. The highest BCUT2D eigenvalue weighted by molar-refractivity contribution is 6.02. The fourth-order valence-corrected chi connectivity index (χ4v) is 1.76. The maximum atomic E-state index is 11.8. The van der Waals surface area contributed by atoms with Gasteiger partial charge in [-0.25, -0.2) is 0 Å². The van der Waals surface area contributed by atoms with E-state index in [4.69, 9.17) is 10.9 Å². The predicted octanol–water partition coefficient (Wildman–Crippen LogP) is 0.921. The maximum absolute atomic E-state index is 11.8. The van der Waals surface area contributed by atoms with Crippen LogP contribution in [0.15, 0.2) is 5.16 Å². The first-order valence-corrected chi connectivity index (χ1v) is 5.81. The summed E-state index contributed by atoms with van der Waals surface area (Å²) in [5.74, 6) is 0.118. The largest absolute Gasteiger partial charge is 0.409 e. The average Bonchev–Trinajstić information content (AvgIpc) is 3.01. The van der Waals surface area contributed by atoms with Crippen LogP contribution in [0.2, 0.25) is 0 Å². The van der Waals surface area contributed by atoms with Gasteiger partial charge in [0.15, 0.2) is 5.84 Å². The summed E-state index contributed by atoms with van der Waals surface area (Å²) in [4.78, 5) is 11.8. The van der Waals surface area contributed by atoms with E-state index in [0.717, 1.165) is 12.3 Å². The molecule has 0 aromatic heterocycles. The summed E-state index contributed by atoms with van der Waals surface area (Å²) in [6.45, 7) is 4.44. The van der Waals surface area contributed by atoms with Gasteiger partial charge in [-0.05, 0) is 18.3 Å². The third kappa shape index (κ3) is 3.72. The summed E-state index contributed by atoms with van der Waals surface area (Å²) in [5, 5.41) is 14.4. The monoisotopic (exact) mass is 227 g/mol. The summed E-state index contributed by atoms with van der Waals surface area (Å²) in [7, 11) is 0. The van der Waals surface area contributed by atoms with Crippen molar-refractivity contribution in [1.82, 2.24) is 5.32 Å². The Kier molecular flexibility index (Phi) is 4.58. The molecule has 0 bridgehead atoms. The SMILES string of the molecule is CC(C)C(C(=O)NCCC1CC1)C(N)=NO. The van der Waals surface area contributed by atoms with Crippen LogP contribution in [-0.2, 0) is 4.79 Å². The van der Waals surface area contributed by atoms with Gasteiger partial charge in [0.25, 0.3) is 0 Å². The number of nitrogens with one attached hydrogen (secondary N) is 1. The molecule has 0 spiro atoms. The Morgan fingerprint density at radius 2 is 2.19 bits per heavy atom. The van der Waals surface area contributed by atoms with E-state index >= 15 is 0 Å². The summed E-state index contributed by atoms with van der Waals surface area (Å²) < 4.78 is 0. The molecule has 1 atom stereocenters. The molecule has 0 aromatic rings. The smallest absolute Gasteiger partial charge is 0.231 e. The highest BCUT2D eigenvalue weighted by Gasteiger charge is 2.27. The molecule has 0 radical (unpaired) electrons. The highest BCUT2D eigenvalue weighted by atomic mass is 16.4. The van der Waals surface area contributed by atoms with Gasteiger partial charge in [-0.3, -0.25) is 4.79 Å². The maximum Gasteiger partial charge on any atom is 0.231 e. The summed E-state index contributed by atoms with van der Waals surface area (Å²) in [6, 6.07) is 0. The van der Waals surface area contributed by atoms with Crippen LogP contribution >= 0.6 is 0 Å². The summed E-state index contributed by atoms with van der Waals surface area (Å²) in [5.41, 5.74) is 5.50. The van der Waals surface area contributed by atoms with Crippen LogP contribution in [0.1, 0.15) is 33.1 Å². The molecule has 0 heterocycles. The zero-order valence-corrected chi connectivity index (χ0v) is 9.94. The van der Waals surface area contributed by atoms with E-state index < -0.39 is 5.92 Å². The quantitative estimate of drug-likeness (QED) is 0.273. The number of oxime groups is 1.